The zero-order valence-corrected chi connectivity index (χ0v) is 12.7. The van der Waals surface area contributed by atoms with E-state index < -0.39 is 0 Å². The van der Waals surface area contributed by atoms with Gasteiger partial charge in [0.1, 0.15) is 0 Å². The maximum atomic E-state index is 12.1. The minimum absolute atomic E-state index is 0.0467. The highest BCUT2D eigenvalue weighted by Crippen LogP contribution is 2.19. The fraction of sp³-hybridized carbons (Fsp3) is 0.471. The lowest BCUT2D eigenvalue weighted by molar-refractivity contribution is -0.122. The molecule has 0 bridgehead atoms. The lowest BCUT2D eigenvalue weighted by Crippen LogP contribution is -2.39. The van der Waals surface area contributed by atoms with Crippen LogP contribution in [-0.4, -0.2) is 28.6 Å². The zero-order valence-electron chi connectivity index (χ0n) is 12.7. The average molecular weight is 288 g/mol. The summed E-state index contributed by atoms with van der Waals surface area (Å²) in [6, 6.07) is 8.16. The van der Waals surface area contributed by atoms with Gasteiger partial charge in [-0.15, -0.1) is 0 Å². The second kappa shape index (κ2) is 7.27. The van der Waals surface area contributed by atoms with Crippen molar-refractivity contribution in [2.24, 2.45) is 5.92 Å². The molecule has 0 fully saturated rings. The van der Waals surface area contributed by atoms with Crippen molar-refractivity contribution < 1.29 is 9.90 Å². The van der Waals surface area contributed by atoms with Gasteiger partial charge in [0.2, 0.25) is 5.91 Å². The number of H-pyrrole nitrogens is 1. The molecule has 1 amide bonds. The number of carbonyl (C=O) groups excluding carboxylic acids is 1. The second-order valence-electron chi connectivity index (χ2n) is 5.79. The Hall–Kier alpha value is -1.81. The summed E-state index contributed by atoms with van der Waals surface area (Å²) in [5, 5.41) is 13.2. The van der Waals surface area contributed by atoms with E-state index in [4.69, 9.17) is 5.11 Å². The topological polar surface area (TPSA) is 65.1 Å². The molecule has 0 aliphatic carbocycles. The number of nitrogens with one attached hydrogen (secondary N) is 2. The Labute approximate surface area is 125 Å². The van der Waals surface area contributed by atoms with E-state index in [1.54, 1.807) is 0 Å². The van der Waals surface area contributed by atoms with Crippen LogP contribution in [0.1, 0.15) is 32.3 Å². The average Bonchev–Trinajstić information content (AvgIpc) is 2.88. The Kier molecular flexibility index (Phi) is 5.39. The first-order valence-electron chi connectivity index (χ1n) is 7.57. The number of carbonyl (C=O) groups is 1. The summed E-state index contributed by atoms with van der Waals surface area (Å²) in [4.78, 5) is 15.3. The van der Waals surface area contributed by atoms with E-state index in [2.05, 4.69) is 30.2 Å². The lowest BCUT2D eigenvalue weighted by Gasteiger charge is -2.21. The number of rotatable bonds is 7. The van der Waals surface area contributed by atoms with Gasteiger partial charge in [0.25, 0.3) is 0 Å². The summed E-state index contributed by atoms with van der Waals surface area (Å²) in [5.41, 5.74) is 2.28. The van der Waals surface area contributed by atoms with Crippen LogP contribution in [0.25, 0.3) is 10.9 Å². The molecule has 1 heterocycles. The second-order valence-corrected chi connectivity index (χ2v) is 5.79. The first-order chi connectivity index (χ1) is 10.1. The van der Waals surface area contributed by atoms with Gasteiger partial charge in [-0.1, -0.05) is 32.0 Å². The Balaban J connectivity index is 1.91. The molecule has 0 saturated carbocycles. The van der Waals surface area contributed by atoms with Crippen molar-refractivity contribution in [2.45, 2.75) is 39.2 Å². The molecule has 0 saturated heterocycles. The van der Waals surface area contributed by atoms with Crippen molar-refractivity contribution in [1.82, 2.24) is 10.3 Å². The van der Waals surface area contributed by atoms with Gasteiger partial charge < -0.3 is 15.4 Å². The number of aryl methyl sites for hydroxylation is 1. The third-order valence-electron chi connectivity index (χ3n) is 3.89. The highest BCUT2D eigenvalue weighted by atomic mass is 16.3. The number of aromatic nitrogens is 1. The van der Waals surface area contributed by atoms with E-state index in [9.17, 15) is 4.79 Å². The van der Waals surface area contributed by atoms with Crippen molar-refractivity contribution >= 4 is 16.8 Å². The van der Waals surface area contributed by atoms with E-state index in [0.717, 1.165) is 11.9 Å². The molecule has 1 atom stereocenters. The molecule has 0 spiro atoms. The van der Waals surface area contributed by atoms with Gasteiger partial charge in [-0.3, -0.25) is 4.79 Å². The molecule has 1 aromatic carbocycles. The van der Waals surface area contributed by atoms with Crippen LogP contribution in [0.2, 0.25) is 0 Å². The number of aliphatic hydroxyl groups excluding tert-OH is 1. The SMILES string of the molecule is CC(C)C(CCO)NC(=O)CCc1c[nH]c2ccccc12. The monoisotopic (exact) mass is 288 g/mol. The number of amides is 1. The molecule has 0 aliphatic rings. The fourth-order valence-electron chi connectivity index (χ4n) is 2.58. The van der Waals surface area contributed by atoms with Crippen LogP contribution in [0.4, 0.5) is 0 Å². The molecule has 1 unspecified atom stereocenters. The molecular formula is C17H24N2O2. The number of aliphatic hydroxyl groups is 1. The molecule has 0 radical (unpaired) electrons. The molecule has 0 aliphatic heterocycles. The zero-order chi connectivity index (χ0) is 15.2. The van der Waals surface area contributed by atoms with Crippen LogP contribution >= 0.6 is 0 Å². The maximum Gasteiger partial charge on any atom is 0.220 e. The Morgan fingerprint density at radius 1 is 1.33 bits per heavy atom. The molecule has 4 heteroatoms. The van der Waals surface area contributed by atoms with E-state index in [1.165, 1.54) is 10.9 Å². The maximum absolute atomic E-state index is 12.1. The van der Waals surface area contributed by atoms with Gasteiger partial charge in [-0.25, -0.2) is 0 Å². The summed E-state index contributed by atoms with van der Waals surface area (Å²) in [6.07, 6.45) is 3.78. The van der Waals surface area contributed by atoms with E-state index in [-0.39, 0.29) is 18.6 Å². The smallest absolute Gasteiger partial charge is 0.220 e. The van der Waals surface area contributed by atoms with Crippen molar-refractivity contribution in [3.63, 3.8) is 0 Å². The van der Waals surface area contributed by atoms with Gasteiger partial charge in [-0.2, -0.15) is 0 Å². The van der Waals surface area contributed by atoms with Crippen molar-refractivity contribution in [3.05, 3.63) is 36.0 Å². The van der Waals surface area contributed by atoms with Crippen LogP contribution in [0.3, 0.4) is 0 Å². The number of aromatic amines is 1. The molecule has 2 aromatic rings. The standard InChI is InChI=1S/C17H24N2O2/c1-12(2)15(9-10-20)19-17(21)8-7-13-11-18-16-6-4-3-5-14(13)16/h3-6,11-12,15,18,20H,7-10H2,1-2H3,(H,19,21). The predicted octanol–water partition coefficient (Wildman–Crippen LogP) is 2.62. The molecule has 4 nitrogen and oxygen atoms in total. The van der Waals surface area contributed by atoms with Gasteiger partial charge in [0, 0.05) is 36.2 Å². The van der Waals surface area contributed by atoms with Crippen LogP contribution in [0, 0.1) is 5.92 Å². The molecule has 114 valence electrons. The summed E-state index contributed by atoms with van der Waals surface area (Å²) in [5.74, 6) is 0.376. The van der Waals surface area contributed by atoms with Crippen LogP contribution < -0.4 is 5.32 Å². The van der Waals surface area contributed by atoms with Gasteiger partial charge in [0.15, 0.2) is 0 Å². The number of benzene rings is 1. The highest BCUT2D eigenvalue weighted by Gasteiger charge is 2.15. The van der Waals surface area contributed by atoms with Crippen molar-refractivity contribution in [3.8, 4) is 0 Å². The molecule has 1 aromatic heterocycles. The molecule has 21 heavy (non-hydrogen) atoms. The quantitative estimate of drug-likeness (QED) is 0.733. The Morgan fingerprint density at radius 2 is 2.10 bits per heavy atom. The van der Waals surface area contributed by atoms with Crippen LogP contribution in [0.15, 0.2) is 30.5 Å². The van der Waals surface area contributed by atoms with Crippen molar-refractivity contribution in [2.75, 3.05) is 6.61 Å². The largest absolute Gasteiger partial charge is 0.396 e. The predicted molar refractivity (Wildman–Crippen MR) is 85.1 cm³/mol. The van der Waals surface area contributed by atoms with Gasteiger partial charge in [0.05, 0.1) is 0 Å². The first kappa shape index (κ1) is 15.6. The number of para-hydroxylation sites is 1. The minimum atomic E-state index is 0.0467. The summed E-state index contributed by atoms with van der Waals surface area (Å²) in [7, 11) is 0. The highest BCUT2D eigenvalue weighted by molar-refractivity contribution is 5.84. The molecule has 3 N–H and O–H groups in total. The molecule has 2 rings (SSSR count). The van der Waals surface area contributed by atoms with E-state index >= 15 is 0 Å². The van der Waals surface area contributed by atoms with Crippen molar-refractivity contribution in [1.29, 1.82) is 0 Å². The molecular weight excluding hydrogens is 264 g/mol. The van der Waals surface area contributed by atoms with Gasteiger partial charge >= 0.3 is 0 Å². The third-order valence-corrected chi connectivity index (χ3v) is 3.89. The Morgan fingerprint density at radius 3 is 2.81 bits per heavy atom. The summed E-state index contributed by atoms with van der Waals surface area (Å²) in [6.45, 7) is 4.21. The number of hydrogen-bond acceptors (Lipinski definition) is 2. The van der Waals surface area contributed by atoms with E-state index in [1.807, 2.05) is 24.4 Å². The number of hydrogen-bond donors (Lipinski definition) is 3. The first-order valence-corrected chi connectivity index (χ1v) is 7.57. The summed E-state index contributed by atoms with van der Waals surface area (Å²) < 4.78 is 0. The van der Waals surface area contributed by atoms with E-state index in [0.29, 0.717) is 18.8 Å². The fourth-order valence-corrected chi connectivity index (χ4v) is 2.58. The number of fused-ring (bicyclic) bond motifs is 1. The lowest BCUT2D eigenvalue weighted by atomic mass is 10.0. The van der Waals surface area contributed by atoms with Crippen LogP contribution in [0.5, 0.6) is 0 Å². The summed E-state index contributed by atoms with van der Waals surface area (Å²) >= 11 is 0. The third kappa shape index (κ3) is 4.08. The Bertz CT molecular complexity index is 589. The van der Waals surface area contributed by atoms with Gasteiger partial charge in [-0.05, 0) is 30.4 Å². The van der Waals surface area contributed by atoms with Crippen LogP contribution in [-0.2, 0) is 11.2 Å². The minimum Gasteiger partial charge on any atom is -0.396 e. The normalized spacial score (nSPS) is 12.8.